The van der Waals surface area contributed by atoms with Gasteiger partial charge in [-0.3, -0.25) is 4.79 Å². The van der Waals surface area contributed by atoms with E-state index in [1.807, 2.05) is 0 Å². The lowest BCUT2D eigenvalue weighted by Crippen LogP contribution is -2.23. The number of hydrogen-bond donors (Lipinski definition) is 1. The van der Waals surface area contributed by atoms with Crippen molar-refractivity contribution in [2.45, 2.75) is 32.2 Å². The van der Waals surface area contributed by atoms with E-state index in [1.165, 1.54) is 6.20 Å². The molecule has 4 nitrogen and oxygen atoms in total. The summed E-state index contributed by atoms with van der Waals surface area (Å²) in [6.45, 7) is 0.969. The second-order valence-electron chi connectivity index (χ2n) is 3.78. The van der Waals surface area contributed by atoms with Crippen LogP contribution in [-0.4, -0.2) is 17.9 Å². The van der Waals surface area contributed by atoms with E-state index in [2.05, 4.69) is 4.98 Å². The van der Waals surface area contributed by atoms with E-state index >= 15 is 0 Å². The molecule has 0 spiro atoms. The normalized spacial score (nSPS) is 20.9. The second-order valence-corrected chi connectivity index (χ2v) is 4.22. The third-order valence-electron chi connectivity index (χ3n) is 2.51. The molecular formula is C11H14ClNO3. The predicted octanol–water partition coefficient (Wildman–Crippen LogP) is 2.07. The molecule has 1 N–H and O–H groups in total. The van der Waals surface area contributed by atoms with Crippen molar-refractivity contribution in [3.63, 3.8) is 0 Å². The van der Waals surface area contributed by atoms with Crippen molar-refractivity contribution in [2.75, 3.05) is 6.61 Å². The first-order chi connectivity index (χ1) is 7.75. The highest BCUT2D eigenvalue weighted by Crippen LogP contribution is 2.15. The van der Waals surface area contributed by atoms with Crippen molar-refractivity contribution < 1.29 is 9.47 Å². The Morgan fingerprint density at radius 1 is 1.56 bits per heavy atom. The summed E-state index contributed by atoms with van der Waals surface area (Å²) in [6, 6.07) is 1.61. The summed E-state index contributed by atoms with van der Waals surface area (Å²) >= 11 is 5.78. The van der Waals surface area contributed by atoms with Crippen LogP contribution in [0.25, 0.3) is 0 Å². The fraction of sp³-hybridized carbons (Fsp3) is 0.545. The van der Waals surface area contributed by atoms with Crippen molar-refractivity contribution in [3.8, 4) is 0 Å². The zero-order valence-electron chi connectivity index (χ0n) is 8.87. The molecule has 1 aliphatic heterocycles. The van der Waals surface area contributed by atoms with Gasteiger partial charge in [-0.1, -0.05) is 11.6 Å². The Bertz CT molecular complexity index is 398. The first-order valence-corrected chi connectivity index (χ1v) is 5.74. The van der Waals surface area contributed by atoms with Crippen molar-refractivity contribution in [1.82, 2.24) is 4.98 Å². The van der Waals surface area contributed by atoms with E-state index in [1.54, 1.807) is 6.07 Å². The number of aromatic nitrogens is 1. The van der Waals surface area contributed by atoms with Gasteiger partial charge in [-0.25, -0.2) is 0 Å². The average Bonchev–Trinajstić information content (AvgIpc) is 2.32. The number of rotatable bonds is 3. The summed E-state index contributed by atoms with van der Waals surface area (Å²) in [4.78, 5) is 14.0. The zero-order valence-corrected chi connectivity index (χ0v) is 9.63. The summed E-state index contributed by atoms with van der Waals surface area (Å²) in [7, 11) is 0. The summed E-state index contributed by atoms with van der Waals surface area (Å²) in [6.07, 6.45) is 4.35. The van der Waals surface area contributed by atoms with Crippen LogP contribution in [-0.2, 0) is 16.1 Å². The molecular weight excluding hydrogens is 230 g/mol. The van der Waals surface area contributed by atoms with Crippen LogP contribution < -0.4 is 5.56 Å². The van der Waals surface area contributed by atoms with E-state index in [-0.39, 0.29) is 18.5 Å². The van der Waals surface area contributed by atoms with E-state index in [0.29, 0.717) is 10.6 Å². The number of halogens is 1. The maximum absolute atomic E-state index is 11.4. The molecule has 1 aliphatic rings. The Balaban J connectivity index is 1.93. The minimum absolute atomic E-state index is 0.166. The molecule has 0 aromatic carbocycles. The highest BCUT2D eigenvalue weighted by molar-refractivity contribution is 6.30. The van der Waals surface area contributed by atoms with Crippen LogP contribution >= 0.6 is 11.6 Å². The molecule has 1 saturated heterocycles. The van der Waals surface area contributed by atoms with Crippen LogP contribution in [0.2, 0.25) is 5.02 Å². The van der Waals surface area contributed by atoms with Gasteiger partial charge in [-0.2, -0.15) is 0 Å². The number of aromatic amines is 1. The van der Waals surface area contributed by atoms with Crippen LogP contribution in [0.15, 0.2) is 17.1 Å². The van der Waals surface area contributed by atoms with Gasteiger partial charge in [-0.15, -0.1) is 0 Å². The van der Waals surface area contributed by atoms with Crippen LogP contribution in [0.1, 0.15) is 24.8 Å². The molecule has 1 unspecified atom stereocenters. The molecule has 2 rings (SSSR count). The molecule has 1 fully saturated rings. The maximum atomic E-state index is 11.4. The van der Waals surface area contributed by atoms with Crippen molar-refractivity contribution >= 4 is 11.6 Å². The summed E-state index contributed by atoms with van der Waals surface area (Å²) in [5.41, 5.74) is 0.363. The molecule has 1 aromatic rings. The number of nitrogens with one attached hydrogen (secondary N) is 1. The van der Waals surface area contributed by atoms with Crippen molar-refractivity contribution in [3.05, 3.63) is 33.2 Å². The maximum Gasteiger partial charge on any atom is 0.253 e. The van der Waals surface area contributed by atoms with Crippen molar-refractivity contribution in [2.24, 2.45) is 0 Å². The van der Waals surface area contributed by atoms with E-state index < -0.39 is 0 Å². The second kappa shape index (κ2) is 5.48. The summed E-state index contributed by atoms with van der Waals surface area (Å²) in [5.74, 6) is 0. The van der Waals surface area contributed by atoms with Crippen LogP contribution in [0.4, 0.5) is 0 Å². The lowest BCUT2D eigenvalue weighted by molar-refractivity contribution is -0.169. The van der Waals surface area contributed by atoms with Gasteiger partial charge < -0.3 is 14.5 Å². The van der Waals surface area contributed by atoms with Gasteiger partial charge >= 0.3 is 0 Å². The van der Waals surface area contributed by atoms with Gasteiger partial charge in [0.05, 0.1) is 11.6 Å². The van der Waals surface area contributed by atoms with Crippen LogP contribution in [0.5, 0.6) is 0 Å². The molecule has 0 aliphatic carbocycles. The quantitative estimate of drug-likeness (QED) is 0.884. The number of H-pyrrole nitrogens is 1. The monoisotopic (exact) mass is 243 g/mol. The van der Waals surface area contributed by atoms with Gasteiger partial charge in [0.1, 0.15) is 0 Å². The Hall–Kier alpha value is -0.840. The topological polar surface area (TPSA) is 51.3 Å². The largest absolute Gasteiger partial charge is 0.353 e. The Labute approximate surface area is 98.5 Å². The van der Waals surface area contributed by atoms with E-state index in [4.69, 9.17) is 21.1 Å². The van der Waals surface area contributed by atoms with Crippen LogP contribution in [0.3, 0.4) is 0 Å². The van der Waals surface area contributed by atoms with Crippen molar-refractivity contribution in [1.29, 1.82) is 0 Å². The fourth-order valence-corrected chi connectivity index (χ4v) is 1.82. The molecule has 16 heavy (non-hydrogen) atoms. The van der Waals surface area contributed by atoms with Gasteiger partial charge in [0, 0.05) is 18.4 Å². The minimum Gasteiger partial charge on any atom is -0.353 e. The Morgan fingerprint density at radius 3 is 3.19 bits per heavy atom. The first-order valence-electron chi connectivity index (χ1n) is 5.36. The van der Waals surface area contributed by atoms with Gasteiger partial charge in [-0.05, 0) is 25.3 Å². The third-order valence-corrected chi connectivity index (χ3v) is 2.73. The predicted molar refractivity (Wildman–Crippen MR) is 60.5 cm³/mol. The molecule has 1 aromatic heterocycles. The van der Waals surface area contributed by atoms with E-state index in [0.717, 1.165) is 25.9 Å². The standard InChI is InChI=1S/C11H14ClNO3/c12-9-5-8(11(14)13-6-9)7-16-10-3-1-2-4-15-10/h5-6,10H,1-4,7H2,(H,13,14). The van der Waals surface area contributed by atoms with Gasteiger partial charge in [0.2, 0.25) is 0 Å². The number of pyridine rings is 1. The smallest absolute Gasteiger partial charge is 0.253 e. The molecule has 2 heterocycles. The number of hydrogen-bond acceptors (Lipinski definition) is 3. The lowest BCUT2D eigenvalue weighted by atomic mass is 10.2. The third kappa shape index (κ3) is 3.07. The van der Waals surface area contributed by atoms with Crippen LogP contribution in [0, 0.1) is 0 Å². The number of ether oxygens (including phenoxy) is 2. The molecule has 88 valence electrons. The zero-order chi connectivity index (χ0) is 11.4. The fourth-order valence-electron chi connectivity index (χ4n) is 1.63. The highest BCUT2D eigenvalue weighted by atomic mass is 35.5. The molecule has 0 bridgehead atoms. The first kappa shape index (κ1) is 11.6. The summed E-state index contributed by atoms with van der Waals surface area (Å²) in [5, 5.41) is 0.503. The van der Waals surface area contributed by atoms with Gasteiger partial charge in [0.15, 0.2) is 6.29 Å². The molecule has 5 heteroatoms. The summed E-state index contributed by atoms with van der Waals surface area (Å²) < 4.78 is 10.9. The Morgan fingerprint density at radius 2 is 2.44 bits per heavy atom. The highest BCUT2D eigenvalue weighted by Gasteiger charge is 2.14. The molecule has 0 saturated carbocycles. The van der Waals surface area contributed by atoms with Gasteiger partial charge in [0.25, 0.3) is 5.56 Å². The Kier molecular flexibility index (Phi) is 3.98. The molecule has 0 amide bonds. The SMILES string of the molecule is O=c1[nH]cc(Cl)cc1COC1CCCCO1. The molecule has 1 atom stereocenters. The molecule has 0 radical (unpaired) electrons. The average molecular weight is 244 g/mol. The minimum atomic E-state index is -0.188. The lowest BCUT2D eigenvalue weighted by Gasteiger charge is -2.22. The van der Waals surface area contributed by atoms with E-state index in [9.17, 15) is 4.79 Å².